The van der Waals surface area contributed by atoms with Crippen LogP contribution in [0.3, 0.4) is 0 Å². The Morgan fingerprint density at radius 2 is 2.00 bits per heavy atom. The highest BCUT2D eigenvalue weighted by atomic mass is 35.5. The monoisotopic (exact) mass is 404 g/mol. The van der Waals surface area contributed by atoms with Crippen LogP contribution in [0.4, 0.5) is 0 Å². The molecule has 0 N–H and O–H groups in total. The smallest absolute Gasteiger partial charge is 0.310 e. The number of hydrogen-bond acceptors (Lipinski definition) is 4. The summed E-state index contributed by atoms with van der Waals surface area (Å²) in [5, 5.41) is 2.10. The van der Waals surface area contributed by atoms with E-state index in [9.17, 15) is 4.79 Å². The summed E-state index contributed by atoms with van der Waals surface area (Å²) >= 11 is 12.2. The van der Waals surface area contributed by atoms with E-state index in [0.29, 0.717) is 28.2 Å². The van der Waals surface area contributed by atoms with Crippen molar-refractivity contribution in [1.82, 2.24) is 0 Å². The highest BCUT2D eigenvalue weighted by molar-refractivity contribution is 6.35. The zero-order valence-electron chi connectivity index (χ0n) is 14.8. The fourth-order valence-corrected chi connectivity index (χ4v) is 3.58. The van der Waals surface area contributed by atoms with E-state index in [4.69, 9.17) is 37.1 Å². The van der Waals surface area contributed by atoms with Crippen molar-refractivity contribution >= 4 is 40.1 Å². The van der Waals surface area contributed by atoms with Gasteiger partial charge in [0.1, 0.15) is 17.9 Å². The average Bonchev–Trinajstić information content (AvgIpc) is 3.43. The minimum atomic E-state index is -0.289. The number of fused-ring (bicyclic) bond motifs is 1. The van der Waals surface area contributed by atoms with Gasteiger partial charge >= 0.3 is 5.97 Å². The van der Waals surface area contributed by atoms with Crippen LogP contribution in [0.25, 0.3) is 11.0 Å². The summed E-state index contributed by atoms with van der Waals surface area (Å²) in [5.74, 6) is 0.976. The summed E-state index contributed by atoms with van der Waals surface area (Å²) in [6, 6.07) is 9.34. The van der Waals surface area contributed by atoms with Crippen molar-refractivity contribution < 1.29 is 18.7 Å². The highest BCUT2D eigenvalue weighted by Gasteiger charge is 2.28. The molecule has 3 aromatic rings. The molecule has 1 saturated carbocycles. The van der Waals surface area contributed by atoms with E-state index in [1.165, 1.54) is 7.11 Å². The molecule has 6 heteroatoms. The molecule has 1 aromatic heterocycles. The van der Waals surface area contributed by atoms with E-state index in [0.717, 1.165) is 40.7 Å². The van der Waals surface area contributed by atoms with Gasteiger partial charge in [-0.15, -0.1) is 0 Å². The zero-order chi connectivity index (χ0) is 19.0. The second kappa shape index (κ2) is 7.45. The van der Waals surface area contributed by atoms with E-state index < -0.39 is 0 Å². The third-order valence-electron chi connectivity index (χ3n) is 4.76. The number of methoxy groups -OCH3 is 1. The van der Waals surface area contributed by atoms with Gasteiger partial charge < -0.3 is 13.9 Å². The van der Waals surface area contributed by atoms with Crippen molar-refractivity contribution in [2.75, 3.05) is 7.11 Å². The number of carbonyl (C=O) groups is 1. The summed E-state index contributed by atoms with van der Waals surface area (Å²) in [5.41, 5.74) is 3.52. The largest absolute Gasteiger partial charge is 0.488 e. The van der Waals surface area contributed by atoms with Crippen molar-refractivity contribution in [2.45, 2.75) is 31.8 Å². The van der Waals surface area contributed by atoms with Gasteiger partial charge in [0.25, 0.3) is 0 Å². The first-order valence-electron chi connectivity index (χ1n) is 8.72. The van der Waals surface area contributed by atoms with E-state index in [1.807, 2.05) is 12.1 Å². The average molecular weight is 405 g/mol. The number of rotatable bonds is 6. The lowest BCUT2D eigenvalue weighted by Crippen LogP contribution is -2.04. The predicted octanol–water partition coefficient (Wildman–Crippen LogP) is 5.91. The standard InChI is InChI=1S/C21H18Cl2O4/c1-25-21(24)6-14-11-27-20-9-19(16(8-17(14)20)12-2-3-12)26-10-13-4-5-15(22)7-18(13)23/h4-5,7-9,11-12H,2-3,6,10H2,1H3. The van der Waals surface area contributed by atoms with E-state index in [1.54, 1.807) is 18.4 Å². The summed E-state index contributed by atoms with van der Waals surface area (Å²) in [6.07, 6.45) is 4.06. The van der Waals surface area contributed by atoms with Crippen LogP contribution in [0.15, 0.2) is 41.0 Å². The normalized spacial score (nSPS) is 13.7. The molecule has 140 valence electrons. The summed E-state index contributed by atoms with van der Waals surface area (Å²) in [6.45, 7) is 0.344. The molecule has 0 spiro atoms. The number of carbonyl (C=O) groups excluding carboxylic acids is 1. The number of halogens is 2. The molecule has 1 aliphatic carbocycles. The van der Waals surface area contributed by atoms with Gasteiger partial charge in [0.2, 0.25) is 0 Å². The SMILES string of the molecule is COC(=O)Cc1coc2cc(OCc3ccc(Cl)cc3Cl)c(C3CC3)cc12. The maximum absolute atomic E-state index is 11.6. The van der Waals surface area contributed by atoms with Crippen molar-refractivity contribution in [3.05, 3.63) is 63.3 Å². The molecular formula is C21H18Cl2O4. The van der Waals surface area contributed by atoms with Crippen molar-refractivity contribution in [3.63, 3.8) is 0 Å². The molecule has 0 unspecified atom stereocenters. The van der Waals surface area contributed by atoms with Crippen molar-refractivity contribution in [3.8, 4) is 5.75 Å². The van der Waals surface area contributed by atoms with E-state index >= 15 is 0 Å². The molecule has 1 fully saturated rings. The van der Waals surface area contributed by atoms with Gasteiger partial charge in [0.05, 0.1) is 19.8 Å². The van der Waals surface area contributed by atoms with Crippen LogP contribution in [-0.4, -0.2) is 13.1 Å². The Hall–Kier alpha value is -2.17. The van der Waals surface area contributed by atoms with Crippen LogP contribution in [-0.2, 0) is 22.6 Å². The Labute approximate surface area is 167 Å². The van der Waals surface area contributed by atoms with Crippen LogP contribution < -0.4 is 4.74 Å². The number of esters is 1. The van der Waals surface area contributed by atoms with Gasteiger partial charge in [-0.2, -0.15) is 0 Å². The molecule has 27 heavy (non-hydrogen) atoms. The molecule has 0 amide bonds. The lowest BCUT2D eigenvalue weighted by Gasteiger charge is -2.13. The van der Waals surface area contributed by atoms with Crippen LogP contribution in [0.2, 0.25) is 10.0 Å². The maximum atomic E-state index is 11.6. The summed E-state index contributed by atoms with van der Waals surface area (Å²) < 4.78 is 16.5. The Morgan fingerprint density at radius 3 is 2.70 bits per heavy atom. The van der Waals surface area contributed by atoms with E-state index in [2.05, 4.69) is 6.07 Å². The van der Waals surface area contributed by atoms with E-state index in [-0.39, 0.29) is 12.4 Å². The zero-order valence-corrected chi connectivity index (χ0v) is 16.3. The molecule has 1 aliphatic rings. The molecule has 0 bridgehead atoms. The molecular weight excluding hydrogens is 387 g/mol. The third-order valence-corrected chi connectivity index (χ3v) is 5.35. The molecule has 0 atom stereocenters. The first-order valence-corrected chi connectivity index (χ1v) is 9.48. The predicted molar refractivity (Wildman–Crippen MR) is 105 cm³/mol. The molecule has 2 aromatic carbocycles. The molecule has 0 saturated heterocycles. The lowest BCUT2D eigenvalue weighted by atomic mass is 10.0. The Kier molecular flexibility index (Phi) is 5.02. The van der Waals surface area contributed by atoms with Crippen LogP contribution in [0, 0.1) is 0 Å². The quantitative estimate of drug-likeness (QED) is 0.479. The Balaban J connectivity index is 1.64. The molecule has 0 radical (unpaired) electrons. The highest BCUT2D eigenvalue weighted by Crippen LogP contribution is 2.46. The van der Waals surface area contributed by atoms with Gasteiger partial charge in [-0.1, -0.05) is 29.3 Å². The van der Waals surface area contributed by atoms with Gasteiger partial charge in [-0.3, -0.25) is 4.79 Å². The van der Waals surface area contributed by atoms with Crippen molar-refractivity contribution in [2.24, 2.45) is 0 Å². The first kappa shape index (κ1) is 18.2. The molecule has 4 rings (SSSR count). The Bertz CT molecular complexity index is 1000. The molecule has 1 heterocycles. The second-order valence-corrected chi connectivity index (χ2v) is 7.54. The number of furan rings is 1. The molecule has 4 nitrogen and oxygen atoms in total. The van der Waals surface area contributed by atoms with Crippen LogP contribution in [0.1, 0.15) is 35.4 Å². The maximum Gasteiger partial charge on any atom is 0.310 e. The number of benzene rings is 2. The minimum absolute atomic E-state index is 0.189. The topological polar surface area (TPSA) is 48.7 Å². The van der Waals surface area contributed by atoms with Gasteiger partial charge in [-0.05, 0) is 42.5 Å². The number of ether oxygens (including phenoxy) is 2. The Morgan fingerprint density at radius 1 is 1.19 bits per heavy atom. The third kappa shape index (κ3) is 3.92. The van der Waals surface area contributed by atoms with Gasteiger partial charge in [0.15, 0.2) is 0 Å². The lowest BCUT2D eigenvalue weighted by molar-refractivity contribution is -0.139. The fraction of sp³-hybridized carbons (Fsp3) is 0.286. The fourth-order valence-electron chi connectivity index (χ4n) is 3.12. The van der Waals surface area contributed by atoms with Crippen molar-refractivity contribution in [1.29, 1.82) is 0 Å². The minimum Gasteiger partial charge on any atom is -0.488 e. The summed E-state index contributed by atoms with van der Waals surface area (Å²) in [7, 11) is 1.38. The number of hydrogen-bond donors (Lipinski definition) is 0. The first-order chi connectivity index (χ1) is 13.0. The molecule has 0 aliphatic heterocycles. The summed E-state index contributed by atoms with van der Waals surface area (Å²) in [4.78, 5) is 11.6. The van der Waals surface area contributed by atoms with Gasteiger partial charge in [0, 0.05) is 32.6 Å². The van der Waals surface area contributed by atoms with Crippen LogP contribution >= 0.6 is 23.2 Å². The second-order valence-electron chi connectivity index (χ2n) is 6.70. The van der Waals surface area contributed by atoms with Crippen LogP contribution in [0.5, 0.6) is 5.75 Å². The van der Waals surface area contributed by atoms with Gasteiger partial charge in [-0.25, -0.2) is 0 Å².